The normalized spacial score (nSPS) is 20.0. The molecule has 0 amide bonds. The van der Waals surface area contributed by atoms with Crippen molar-refractivity contribution in [1.29, 1.82) is 0 Å². The first-order valence-corrected chi connectivity index (χ1v) is 6.01. The largest absolute Gasteiger partial charge is 0.385 e. The Hall–Kier alpha value is -0.240. The molecule has 0 heterocycles. The van der Waals surface area contributed by atoms with E-state index >= 15 is 0 Å². The maximum Gasteiger partial charge on any atom is 0.0922 e. The molecule has 1 aliphatic rings. The van der Waals surface area contributed by atoms with Gasteiger partial charge in [-0.15, -0.1) is 0 Å². The van der Waals surface area contributed by atoms with Crippen LogP contribution in [0.3, 0.4) is 0 Å². The summed E-state index contributed by atoms with van der Waals surface area (Å²) in [7, 11) is 0. The van der Waals surface area contributed by atoms with Gasteiger partial charge in [-0.3, -0.25) is 0 Å². The van der Waals surface area contributed by atoms with Crippen molar-refractivity contribution in [3.63, 3.8) is 0 Å². The molecule has 1 fully saturated rings. The molecule has 82 valence electrons. The Morgan fingerprint density at radius 3 is 2.47 bits per heavy atom. The van der Waals surface area contributed by atoms with Gasteiger partial charge in [0.15, 0.2) is 0 Å². The summed E-state index contributed by atoms with van der Waals surface area (Å²) in [6, 6.07) is 5.41. The minimum absolute atomic E-state index is 0.389. The molecule has 1 aliphatic carbocycles. The van der Waals surface area contributed by atoms with E-state index in [0.717, 1.165) is 24.8 Å². The zero-order valence-corrected chi connectivity index (χ0v) is 10.1. The highest BCUT2D eigenvalue weighted by Crippen LogP contribution is 2.48. The van der Waals surface area contributed by atoms with Gasteiger partial charge in [0, 0.05) is 0 Å². The Morgan fingerprint density at radius 2 is 2.00 bits per heavy atom. The molecule has 1 nitrogen and oxygen atoms in total. The van der Waals surface area contributed by atoms with Gasteiger partial charge in [-0.2, -0.15) is 0 Å². The van der Waals surface area contributed by atoms with Crippen molar-refractivity contribution in [1.82, 2.24) is 0 Å². The fraction of sp³-hybridized carbons (Fsp3) is 0.500. The Bertz CT molecular complexity index is 374. The minimum Gasteiger partial charge on any atom is -0.385 e. The van der Waals surface area contributed by atoms with Crippen LogP contribution in [0.15, 0.2) is 18.2 Å². The van der Waals surface area contributed by atoms with Crippen molar-refractivity contribution >= 4 is 23.2 Å². The summed E-state index contributed by atoms with van der Waals surface area (Å²) >= 11 is 11.8. The van der Waals surface area contributed by atoms with Crippen LogP contribution in [0.25, 0.3) is 0 Å². The topological polar surface area (TPSA) is 20.2 Å². The number of halogens is 2. The highest BCUT2D eigenvalue weighted by molar-refractivity contribution is 6.42. The molecule has 0 aliphatic heterocycles. The average molecular weight is 245 g/mol. The van der Waals surface area contributed by atoms with E-state index in [1.165, 1.54) is 0 Å². The van der Waals surface area contributed by atoms with Gasteiger partial charge in [0.25, 0.3) is 0 Å². The Morgan fingerprint density at radius 1 is 1.33 bits per heavy atom. The summed E-state index contributed by atoms with van der Waals surface area (Å²) < 4.78 is 0. The summed E-state index contributed by atoms with van der Waals surface area (Å²) in [5.41, 5.74) is 0.177. The van der Waals surface area contributed by atoms with Crippen LogP contribution in [-0.4, -0.2) is 5.11 Å². The quantitative estimate of drug-likeness (QED) is 0.853. The lowest BCUT2D eigenvalue weighted by molar-refractivity contribution is 0.00891. The minimum atomic E-state index is -0.714. The summed E-state index contributed by atoms with van der Waals surface area (Å²) in [5, 5.41) is 11.6. The number of rotatable bonds is 3. The van der Waals surface area contributed by atoms with Crippen LogP contribution in [0.4, 0.5) is 0 Å². The first-order chi connectivity index (χ1) is 7.08. The first kappa shape index (κ1) is 11.3. The molecule has 1 aromatic carbocycles. The van der Waals surface area contributed by atoms with Crippen LogP contribution in [0, 0.1) is 5.92 Å². The van der Waals surface area contributed by atoms with Crippen LogP contribution in [0.1, 0.15) is 31.7 Å². The lowest BCUT2D eigenvalue weighted by atomic mass is 9.86. The summed E-state index contributed by atoms with van der Waals surface area (Å²) in [5.74, 6) is 0.389. The molecular formula is C12H14Cl2O. The molecule has 1 saturated carbocycles. The fourth-order valence-electron chi connectivity index (χ4n) is 2.05. The van der Waals surface area contributed by atoms with Crippen molar-refractivity contribution in [2.24, 2.45) is 5.92 Å². The molecule has 1 atom stereocenters. The van der Waals surface area contributed by atoms with Crippen LogP contribution < -0.4 is 0 Å². The molecule has 0 bridgehead atoms. The molecule has 0 aromatic heterocycles. The van der Waals surface area contributed by atoms with Crippen molar-refractivity contribution < 1.29 is 5.11 Å². The molecule has 2 rings (SSSR count). The SMILES string of the molecule is CCC(O)(c1ccc(Cl)c(Cl)c1)C1CC1. The van der Waals surface area contributed by atoms with E-state index in [0.29, 0.717) is 16.0 Å². The smallest absolute Gasteiger partial charge is 0.0922 e. The Kier molecular flexibility index (Phi) is 2.98. The van der Waals surface area contributed by atoms with Gasteiger partial charge in [-0.1, -0.05) is 36.2 Å². The predicted molar refractivity (Wildman–Crippen MR) is 63.4 cm³/mol. The first-order valence-electron chi connectivity index (χ1n) is 5.26. The third kappa shape index (κ3) is 2.01. The van der Waals surface area contributed by atoms with Gasteiger partial charge in [-0.25, -0.2) is 0 Å². The van der Waals surface area contributed by atoms with Gasteiger partial charge in [0.2, 0.25) is 0 Å². The molecule has 3 heteroatoms. The molecule has 1 aromatic rings. The molecular weight excluding hydrogens is 231 g/mol. The highest BCUT2D eigenvalue weighted by Gasteiger charge is 2.43. The molecule has 1 N–H and O–H groups in total. The van der Waals surface area contributed by atoms with Crippen LogP contribution in [0.2, 0.25) is 10.0 Å². The van der Waals surface area contributed by atoms with Crippen molar-refractivity contribution in [3.8, 4) is 0 Å². The number of hydrogen-bond donors (Lipinski definition) is 1. The standard InChI is InChI=1S/C12H14Cl2O/c1-2-12(15,8-3-4-8)9-5-6-10(13)11(14)7-9/h5-8,15H,2-4H2,1H3. The third-order valence-corrected chi connectivity index (χ3v) is 3.95. The number of benzene rings is 1. The van der Waals surface area contributed by atoms with Crippen LogP contribution >= 0.6 is 23.2 Å². The molecule has 0 radical (unpaired) electrons. The average Bonchev–Trinajstić information content (AvgIpc) is 3.04. The summed E-state index contributed by atoms with van der Waals surface area (Å²) in [6.45, 7) is 2.00. The number of hydrogen-bond acceptors (Lipinski definition) is 1. The van der Waals surface area contributed by atoms with Crippen LogP contribution in [0.5, 0.6) is 0 Å². The van der Waals surface area contributed by atoms with Gasteiger partial charge < -0.3 is 5.11 Å². The van der Waals surface area contributed by atoms with Gasteiger partial charge in [0.1, 0.15) is 0 Å². The third-order valence-electron chi connectivity index (χ3n) is 3.21. The van der Waals surface area contributed by atoms with E-state index in [4.69, 9.17) is 23.2 Å². The molecule has 15 heavy (non-hydrogen) atoms. The summed E-state index contributed by atoms with van der Waals surface area (Å²) in [6.07, 6.45) is 2.92. The van der Waals surface area contributed by atoms with E-state index in [9.17, 15) is 5.11 Å². The van der Waals surface area contributed by atoms with Crippen molar-refractivity contribution in [2.45, 2.75) is 31.8 Å². The van der Waals surface area contributed by atoms with Gasteiger partial charge in [-0.05, 0) is 42.9 Å². The zero-order chi connectivity index (χ0) is 11.1. The Labute approximate surface area is 100 Å². The number of aliphatic hydroxyl groups is 1. The monoisotopic (exact) mass is 244 g/mol. The maximum atomic E-state index is 10.5. The molecule has 0 spiro atoms. The summed E-state index contributed by atoms with van der Waals surface area (Å²) in [4.78, 5) is 0. The van der Waals surface area contributed by atoms with Gasteiger partial charge in [0.05, 0.1) is 15.6 Å². The Balaban J connectivity index is 2.38. The van der Waals surface area contributed by atoms with E-state index in [1.54, 1.807) is 12.1 Å². The van der Waals surface area contributed by atoms with E-state index in [1.807, 2.05) is 13.0 Å². The van der Waals surface area contributed by atoms with Gasteiger partial charge >= 0.3 is 0 Å². The molecule has 0 saturated heterocycles. The lowest BCUT2D eigenvalue weighted by Gasteiger charge is -2.27. The molecule has 1 unspecified atom stereocenters. The fourth-order valence-corrected chi connectivity index (χ4v) is 2.35. The second-order valence-electron chi connectivity index (χ2n) is 4.18. The van der Waals surface area contributed by atoms with Crippen molar-refractivity contribution in [2.75, 3.05) is 0 Å². The lowest BCUT2D eigenvalue weighted by Crippen LogP contribution is -2.27. The van der Waals surface area contributed by atoms with Crippen molar-refractivity contribution in [3.05, 3.63) is 33.8 Å². The highest BCUT2D eigenvalue weighted by atomic mass is 35.5. The second kappa shape index (κ2) is 3.97. The van der Waals surface area contributed by atoms with E-state index in [-0.39, 0.29) is 0 Å². The predicted octanol–water partition coefficient (Wildman–Crippen LogP) is 4.00. The van der Waals surface area contributed by atoms with E-state index < -0.39 is 5.60 Å². The second-order valence-corrected chi connectivity index (χ2v) is 5.00. The van der Waals surface area contributed by atoms with E-state index in [2.05, 4.69) is 0 Å². The zero-order valence-electron chi connectivity index (χ0n) is 8.63. The maximum absolute atomic E-state index is 10.5. The van der Waals surface area contributed by atoms with Crippen LogP contribution in [-0.2, 0) is 5.60 Å².